The number of hydrogen-bond acceptors (Lipinski definition) is 7. The van der Waals surface area contributed by atoms with Crippen LogP contribution in [0.25, 0.3) is 0 Å². The lowest BCUT2D eigenvalue weighted by molar-refractivity contribution is -0.131. The smallest absolute Gasteiger partial charge is 0.216 e. The fourth-order valence-electron chi connectivity index (χ4n) is 1.85. The van der Waals surface area contributed by atoms with Gasteiger partial charge in [-0.05, 0) is 6.92 Å². The summed E-state index contributed by atoms with van der Waals surface area (Å²) in [6, 6.07) is 0. The fourth-order valence-corrected chi connectivity index (χ4v) is 1.85. The Morgan fingerprint density at radius 1 is 0.862 bits per heavy atom. The summed E-state index contributed by atoms with van der Waals surface area (Å²) >= 11 is 0. The topological polar surface area (TPSA) is 92.3 Å². The van der Waals surface area contributed by atoms with Crippen molar-refractivity contribution in [2.24, 2.45) is 5.41 Å². The first-order valence-electron chi connectivity index (χ1n) is 9.99. The molecule has 2 unspecified atom stereocenters. The molecule has 0 spiro atoms. The molecule has 0 saturated carbocycles. The second kappa shape index (κ2) is 16.6. The summed E-state index contributed by atoms with van der Waals surface area (Å²) in [5, 5.41) is 2.41. The van der Waals surface area contributed by atoms with E-state index in [4.69, 9.17) is 23.7 Å². The highest BCUT2D eigenvalue weighted by Gasteiger charge is 2.20. The van der Waals surface area contributed by atoms with Crippen LogP contribution < -0.4 is 5.32 Å². The van der Waals surface area contributed by atoms with Crippen molar-refractivity contribution in [3.8, 4) is 0 Å². The fraction of sp³-hybridized carbons (Fsp3) is 0.900. The number of ether oxygens (including phenoxy) is 5. The van der Waals surface area contributed by atoms with Gasteiger partial charge in [0.15, 0.2) is 5.78 Å². The summed E-state index contributed by atoms with van der Waals surface area (Å²) in [5.41, 5.74) is -0.384. The molecule has 1 N–H and O–H groups in total. The molecule has 0 heterocycles. The molecule has 0 aromatic rings. The second-order valence-electron chi connectivity index (χ2n) is 7.59. The Morgan fingerprint density at radius 2 is 1.31 bits per heavy atom. The number of hydrogen-bond donors (Lipinski definition) is 1. The molecule has 0 aromatic heterocycles. The van der Waals surface area contributed by atoms with Gasteiger partial charge in [-0.2, -0.15) is 0 Å². The molecule has 0 rings (SSSR count). The van der Waals surface area contributed by atoms with Crippen LogP contribution in [0.15, 0.2) is 0 Å². The number of amides is 1. The van der Waals surface area contributed by atoms with Crippen molar-refractivity contribution in [3.63, 3.8) is 0 Å². The van der Waals surface area contributed by atoms with Crippen molar-refractivity contribution in [1.29, 1.82) is 0 Å². The van der Waals surface area contributed by atoms with Crippen molar-refractivity contribution >= 4 is 11.7 Å². The van der Waals surface area contributed by atoms with E-state index in [0.29, 0.717) is 46.2 Å². The number of carbonyl (C=O) groups is 2. The normalized spacial score (nSPS) is 13.9. The quantitative estimate of drug-likeness (QED) is 0.334. The van der Waals surface area contributed by atoms with Crippen molar-refractivity contribution in [1.82, 2.24) is 5.32 Å². The molecule has 172 valence electrons. The Balaban J connectivity index is 3.33. The van der Waals surface area contributed by atoms with Gasteiger partial charge in [-0.25, -0.2) is 4.39 Å². The average Bonchev–Trinajstić information content (AvgIpc) is 2.64. The molecular formula is C20H38FNO7. The molecule has 9 heteroatoms. The standard InChI is InChI=1S/C20H38FNO7/c1-16(18(21)14-22-17(2)23)29-13-12-27-9-8-25-6-7-26-10-11-28-15-19(24)20(3,4)5/h16,18H,6-15H2,1-5H3,(H,22,23). The predicted octanol–water partition coefficient (Wildman–Crippen LogP) is 1.55. The molecule has 0 radical (unpaired) electrons. The van der Waals surface area contributed by atoms with E-state index in [1.54, 1.807) is 6.92 Å². The number of carbonyl (C=O) groups excluding carboxylic acids is 2. The third kappa shape index (κ3) is 17.4. The minimum absolute atomic E-state index is 0.0611. The first-order valence-corrected chi connectivity index (χ1v) is 9.99. The molecule has 0 bridgehead atoms. The minimum atomic E-state index is -1.26. The molecule has 0 aliphatic heterocycles. The Morgan fingerprint density at radius 3 is 1.76 bits per heavy atom. The lowest BCUT2D eigenvalue weighted by Gasteiger charge is -2.17. The number of halogens is 1. The van der Waals surface area contributed by atoms with Crippen LogP contribution >= 0.6 is 0 Å². The Labute approximate surface area is 173 Å². The van der Waals surface area contributed by atoms with Gasteiger partial charge >= 0.3 is 0 Å². The van der Waals surface area contributed by atoms with E-state index in [9.17, 15) is 14.0 Å². The highest BCUT2D eigenvalue weighted by atomic mass is 19.1. The van der Waals surface area contributed by atoms with Gasteiger partial charge in [-0.15, -0.1) is 0 Å². The zero-order valence-electron chi connectivity index (χ0n) is 18.5. The lowest BCUT2D eigenvalue weighted by atomic mass is 9.91. The third-order valence-corrected chi connectivity index (χ3v) is 3.85. The van der Waals surface area contributed by atoms with Gasteiger partial charge < -0.3 is 29.0 Å². The van der Waals surface area contributed by atoms with Gasteiger partial charge in [0, 0.05) is 12.3 Å². The summed E-state index contributed by atoms with van der Waals surface area (Å²) in [5.74, 6) is -0.204. The third-order valence-electron chi connectivity index (χ3n) is 3.85. The summed E-state index contributed by atoms with van der Waals surface area (Å²) in [6.45, 7) is 11.6. The van der Waals surface area contributed by atoms with E-state index in [-0.39, 0.29) is 36.9 Å². The van der Waals surface area contributed by atoms with Crippen LogP contribution in [0.5, 0.6) is 0 Å². The first-order chi connectivity index (χ1) is 13.6. The zero-order chi connectivity index (χ0) is 22.1. The molecular weight excluding hydrogens is 385 g/mol. The highest BCUT2D eigenvalue weighted by molar-refractivity contribution is 5.84. The average molecular weight is 424 g/mol. The summed E-state index contributed by atoms with van der Waals surface area (Å²) in [4.78, 5) is 22.4. The van der Waals surface area contributed by atoms with Crippen LogP contribution in [0, 0.1) is 5.41 Å². The molecule has 29 heavy (non-hydrogen) atoms. The summed E-state index contributed by atoms with van der Waals surface area (Å²) in [7, 11) is 0. The van der Waals surface area contributed by atoms with Crippen molar-refractivity contribution in [3.05, 3.63) is 0 Å². The molecule has 0 saturated heterocycles. The SMILES string of the molecule is CC(=O)NCC(F)C(C)OCCOCCOCCOCCOCC(=O)C(C)(C)C. The van der Waals surface area contributed by atoms with Crippen LogP contribution in [-0.4, -0.2) is 90.0 Å². The number of alkyl halides is 1. The maximum atomic E-state index is 13.7. The first kappa shape index (κ1) is 27.9. The van der Waals surface area contributed by atoms with E-state index < -0.39 is 12.3 Å². The largest absolute Gasteiger partial charge is 0.377 e. The van der Waals surface area contributed by atoms with Crippen molar-refractivity contribution < 1.29 is 37.7 Å². The summed E-state index contributed by atoms with van der Waals surface area (Å²) in [6.07, 6.45) is -1.87. The van der Waals surface area contributed by atoms with Gasteiger partial charge in [-0.1, -0.05) is 20.8 Å². The Kier molecular flexibility index (Phi) is 16.0. The molecule has 0 aromatic carbocycles. The Hall–Kier alpha value is -1.13. The van der Waals surface area contributed by atoms with Gasteiger partial charge in [0.05, 0.1) is 65.5 Å². The van der Waals surface area contributed by atoms with Crippen LogP contribution in [0.2, 0.25) is 0 Å². The molecule has 0 aliphatic carbocycles. The van der Waals surface area contributed by atoms with Crippen LogP contribution in [0.3, 0.4) is 0 Å². The van der Waals surface area contributed by atoms with Gasteiger partial charge in [0.1, 0.15) is 12.8 Å². The number of Topliss-reactive ketones (excluding diaryl/α,β-unsaturated/α-hetero) is 1. The van der Waals surface area contributed by atoms with E-state index in [2.05, 4.69) is 5.32 Å². The van der Waals surface area contributed by atoms with Crippen LogP contribution in [0.4, 0.5) is 4.39 Å². The maximum Gasteiger partial charge on any atom is 0.216 e. The number of nitrogens with one attached hydrogen (secondary N) is 1. The van der Waals surface area contributed by atoms with E-state index in [1.165, 1.54) is 6.92 Å². The molecule has 1 amide bonds. The van der Waals surface area contributed by atoms with E-state index in [0.717, 1.165) is 0 Å². The zero-order valence-corrected chi connectivity index (χ0v) is 18.5. The number of ketones is 1. The van der Waals surface area contributed by atoms with E-state index >= 15 is 0 Å². The lowest BCUT2D eigenvalue weighted by Crippen LogP contribution is -2.35. The minimum Gasteiger partial charge on any atom is -0.377 e. The molecule has 2 atom stereocenters. The van der Waals surface area contributed by atoms with Gasteiger partial charge in [0.2, 0.25) is 5.91 Å². The van der Waals surface area contributed by atoms with Gasteiger partial charge in [-0.3, -0.25) is 9.59 Å². The number of rotatable bonds is 18. The molecule has 0 aliphatic rings. The maximum absolute atomic E-state index is 13.7. The van der Waals surface area contributed by atoms with Crippen molar-refractivity contribution in [2.45, 2.75) is 46.9 Å². The van der Waals surface area contributed by atoms with Crippen LogP contribution in [-0.2, 0) is 33.3 Å². The highest BCUT2D eigenvalue weighted by Crippen LogP contribution is 2.14. The van der Waals surface area contributed by atoms with Crippen molar-refractivity contribution in [2.75, 3.05) is 66.0 Å². The summed E-state index contributed by atoms with van der Waals surface area (Å²) < 4.78 is 40.3. The molecule has 8 nitrogen and oxygen atoms in total. The second-order valence-corrected chi connectivity index (χ2v) is 7.59. The van der Waals surface area contributed by atoms with Crippen LogP contribution in [0.1, 0.15) is 34.6 Å². The van der Waals surface area contributed by atoms with E-state index in [1.807, 2.05) is 20.8 Å². The predicted molar refractivity (Wildman–Crippen MR) is 107 cm³/mol. The molecule has 0 fully saturated rings. The van der Waals surface area contributed by atoms with Gasteiger partial charge in [0.25, 0.3) is 0 Å². The Bertz CT molecular complexity index is 443. The monoisotopic (exact) mass is 423 g/mol.